The summed E-state index contributed by atoms with van der Waals surface area (Å²) in [6.07, 6.45) is 5.63. The van der Waals surface area contributed by atoms with Gasteiger partial charge in [0.1, 0.15) is 0 Å². The van der Waals surface area contributed by atoms with Crippen LogP contribution in [0.1, 0.15) is 32.6 Å². The van der Waals surface area contributed by atoms with Gasteiger partial charge in [-0.25, -0.2) is 0 Å². The van der Waals surface area contributed by atoms with Crippen LogP contribution in [0.3, 0.4) is 0 Å². The molecule has 1 heterocycles. The minimum atomic E-state index is 0.441. The molecule has 0 spiro atoms. The van der Waals surface area contributed by atoms with Crippen LogP contribution in [0.2, 0.25) is 0 Å². The lowest BCUT2D eigenvalue weighted by Crippen LogP contribution is -2.42. The number of guanidine groups is 1. The fraction of sp³-hybridized carbons (Fsp3) is 0.929. The number of thioether (sulfide) groups is 1. The Labute approximate surface area is 121 Å². The highest BCUT2D eigenvalue weighted by molar-refractivity contribution is 7.99. The normalized spacial score (nSPS) is 29.5. The largest absolute Gasteiger partial charge is 0.376 e. The van der Waals surface area contributed by atoms with E-state index in [9.17, 15) is 0 Å². The van der Waals surface area contributed by atoms with E-state index in [0.717, 1.165) is 24.6 Å². The van der Waals surface area contributed by atoms with Crippen molar-refractivity contribution >= 4 is 17.7 Å². The van der Waals surface area contributed by atoms with E-state index in [4.69, 9.17) is 10.5 Å². The number of hydrogen-bond acceptors (Lipinski definition) is 3. The first-order valence-corrected chi connectivity index (χ1v) is 8.67. The van der Waals surface area contributed by atoms with E-state index in [2.05, 4.69) is 16.8 Å². The van der Waals surface area contributed by atoms with Gasteiger partial charge in [0.05, 0.1) is 19.3 Å². The summed E-state index contributed by atoms with van der Waals surface area (Å²) in [5.41, 5.74) is 6.01. The Bertz CT molecular complexity index is 292. The molecule has 1 saturated carbocycles. The zero-order valence-corrected chi connectivity index (χ0v) is 12.8. The first-order valence-electron chi connectivity index (χ1n) is 7.51. The number of nitrogens with two attached hydrogens (primary N) is 1. The molecule has 110 valence electrons. The summed E-state index contributed by atoms with van der Waals surface area (Å²) in [6, 6.07) is 0. The third-order valence-electron chi connectivity index (χ3n) is 4.06. The summed E-state index contributed by atoms with van der Waals surface area (Å²) in [7, 11) is 0. The van der Waals surface area contributed by atoms with Crippen molar-refractivity contribution < 1.29 is 4.74 Å². The Balaban J connectivity index is 1.64. The van der Waals surface area contributed by atoms with E-state index in [1.165, 1.54) is 25.7 Å². The second-order valence-electron chi connectivity index (χ2n) is 5.51. The smallest absolute Gasteiger partial charge is 0.191 e. The fourth-order valence-corrected chi connectivity index (χ4v) is 3.69. The molecule has 0 bridgehead atoms. The van der Waals surface area contributed by atoms with Crippen LogP contribution < -0.4 is 5.73 Å². The molecule has 2 atom stereocenters. The van der Waals surface area contributed by atoms with Gasteiger partial charge in [-0.15, -0.1) is 0 Å². The van der Waals surface area contributed by atoms with Crippen LogP contribution >= 0.6 is 11.8 Å². The molecule has 2 aliphatic rings. The average Bonchev–Trinajstić information content (AvgIpc) is 2.46. The van der Waals surface area contributed by atoms with E-state index < -0.39 is 0 Å². The molecule has 2 unspecified atom stereocenters. The minimum absolute atomic E-state index is 0.441. The molecule has 19 heavy (non-hydrogen) atoms. The van der Waals surface area contributed by atoms with Crippen LogP contribution in [-0.4, -0.2) is 54.7 Å². The van der Waals surface area contributed by atoms with E-state index in [-0.39, 0.29) is 0 Å². The van der Waals surface area contributed by atoms with Crippen molar-refractivity contribution in [3.63, 3.8) is 0 Å². The van der Waals surface area contributed by atoms with E-state index in [0.29, 0.717) is 31.1 Å². The van der Waals surface area contributed by atoms with Gasteiger partial charge in [-0.05, 0) is 18.8 Å². The topological polar surface area (TPSA) is 50.9 Å². The zero-order valence-electron chi connectivity index (χ0n) is 12.0. The fourth-order valence-electron chi connectivity index (χ4n) is 2.79. The van der Waals surface area contributed by atoms with Gasteiger partial charge in [0, 0.05) is 24.6 Å². The highest BCUT2D eigenvalue weighted by Gasteiger charge is 2.21. The van der Waals surface area contributed by atoms with Gasteiger partial charge in [0.15, 0.2) is 5.96 Å². The molecule has 4 nitrogen and oxygen atoms in total. The average molecular weight is 285 g/mol. The molecule has 0 aromatic carbocycles. The van der Waals surface area contributed by atoms with Gasteiger partial charge in [-0.2, -0.15) is 11.8 Å². The molecule has 2 rings (SSSR count). The highest BCUT2D eigenvalue weighted by Crippen LogP contribution is 2.26. The number of nitrogens with zero attached hydrogens (tertiary/aromatic N) is 2. The number of aliphatic imine (C=N–C) groups is 1. The van der Waals surface area contributed by atoms with Gasteiger partial charge in [0.25, 0.3) is 0 Å². The third kappa shape index (κ3) is 4.88. The first-order chi connectivity index (χ1) is 9.27. The molecule has 5 heteroatoms. The van der Waals surface area contributed by atoms with Crippen LogP contribution in [-0.2, 0) is 4.74 Å². The van der Waals surface area contributed by atoms with Gasteiger partial charge in [-0.1, -0.05) is 19.8 Å². The maximum Gasteiger partial charge on any atom is 0.191 e. The van der Waals surface area contributed by atoms with Crippen LogP contribution in [0.4, 0.5) is 0 Å². The van der Waals surface area contributed by atoms with Gasteiger partial charge < -0.3 is 15.4 Å². The van der Waals surface area contributed by atoms with Gasteiger partial charge in [-0.3, -0.25) is 4.99 Å². The minimum Gasteiger partial charge on any atom is -0.376 e. The summed E-state index contributed by atoms with van der Waals surface area (Å²) in [5.74, 6) is 3.72. The van der Waals surface area contributed by atoms with Crippen molar-refractivity contribution in [3.05, 3.63) is 0 Å². The van der Waals surface area contributed by atoms with E-state index >= 15 is 0 Å². The van der Waals surface area contributed by atoms with Crippen molar-refractivity contribution in [2.75, 3.05) is 37.7 Å². The molecular weight excluding hydrogens is 258 g/mol. The maximum absolute atomic E-state index is 6.01. The van der Waals surface area contributed by atoms with Crippen molar-refractivity contribution in [2.45, 2.75) is 38.7 Å². The quantitative estimate of drug-likeness (QED) is 0.487. The Hall–Kier alpha value is -0.420. The lowest BCUT2D eigenvalue weighted by molar-refractivity contribution is -0.000700. The number of rotatable bonds is 4. The van der Waals surface area contributed by atoms with Crippen LogP contribution in [0, 0.1) is 5.92 Å². The molecule has 0 aromatic rings. The SMILES string of the molecule is CC1CCCCC1OCCN=C(N)N1CCSCC1. The highest BCUT2D eigenvalue weighted by atomic mass is 32.2. The Morgan fingerprint density at radius 2 is 2.05 bits per heavy atom. The van der Waals surface area contributed by atoms with Crippen molar-refractivity contribution in [1.82, 2.24) is 4.90 Å². The second kappa shape index (κ2) is 8.00. The summed E-state index contributed by atoms with van der Waals surface area (Å²) >= 11 is 1.99. The molecular formula is C14H27N3OS. The Kier molecular flexibility index (Phi) is 6.31. The van der Waals surface area contributed by atoms with Crippen molar-refractivity contribution in [1.29, 1.82) is 0 Å². The summed E-state index contributed by atoms with van der Waals surface area (Å²) in [4.78, 5) is 6.62. The molecule has 1 aliphatic heterocycles. The molecule has 1 saturated heterocycles. The summed E-state index contributed by atoms with van der Waals surface area (Å²) in [6.45, 7) is 5.75. The van der Waals surface area contributed by atoms with Crippen molar-refractivity contribution in [3.8, 4) is 0 Å². The monoisotopic (exact) mass is 285 g/mol. The van der Waals surface area contributed by atoms with E-state index in [1.54, 1.807) is 0 Å². The summed E-state index contributed by atoms with van der Waals surface area (Å²) < 4.78 is 5.95. The molecule has 0 amide bonds. The van der Waals surface area contributed by atoms with Crippen molar-refractivity contribution in [2.24, 2.45) is 16.6 Å². The molecule has 2 N–H and O–H groups in total. The molecule has 1 aliphatic carbocycles. The standard InChI is InChI=1S/C14H27N3OS/c1-12-4-2-3-5-13(12)18-9-6-16-14(15)17-7-10-19-11-8-17/h12-13H,2-11H2,1H3,(H2,15,16). The lowest BCUT2D eigenvalue weighted by Gasteiger charge is -2.29. The third-order valence-corrected chi connectivity index (χ3v) is 5.01. The van der Waals surface area contributed by atoms with Crippen LogP contribution in [0.15, 0.2) is 4.99 Å². The predicted molar refractivity (Wildman–Crippen MR) is 82.8 cm³/mol. The Morgan fingerprint density at radius 3 is 2.79 bits per heavy atom. The zero-order chi connectivity index (χ0) is 13.5. The van der Waals surface area contributed by atoms with E-state index in [1.807, 2.05) is 11.8 Å². The maximum atomic E-state index is 6.01. The molecule has 0 aromatic heterocycles. The number of hydrogen-bond donors (Lipinski definition) is 1. The van der Waals surface area contributed by atoms with Gasteiger partial charge >= 0.3 is 0 Å². The molecule has 0 radical (unpaired) electrons. The predicted octanol–water partition coefficient (Wildman–Crippen LogP) is 1.95. The summed E-state index contributed by atoms with van der Waals surface area (Å²) in [5, 5.41) is 0. The molecule has 2 fully saturated rings. The first kappa shape index (κ1) is 15.0. The second-order valence-corrected chi connectivity index (χ2v) is 6.74. The van der Waals surface area contributed by atoms with Crippen LogP contribution in [0.5, 0.6) is 0 Å². The lowest BCUT2D eigenvalue weighted by atomic mass is 9.88. The van der Waals surface area contributed by atoms with Gasteiger partial charge in [0.2, 0.25) is 0 Å². The number of ether oxygens (including phenoxy) is 1. The van der Waals surface area contributed by atoms with Crippen LogP contribution in [0.25, 0.3) is 0 Å². The Morgan fingerprint density at radius 1 is 1.32 bits per heavy atom.